The van der Waals surface area contributed by atoms with E-state index in [0.29, 0.717) is 5.57 Å². The number of aromatic nitrogens is 1. The van der Waals surface area contributed by atoms with Crippen molar-refractivity contribution in [3.8, 4) is 6.07 Å². The van der Waals surface area contributed by atoms with Crippen LogP contribution in [0, 0.1) is 11.3 Å². The fourth-order valence-corrected chi connectivity index (χ4v) is 4.14. The zero-order valence-corrected chi connectivity index (χ0v) is 15.6. The normalized spacial score (nSPS) is 15.5. The second-order valence-electron chi connectivity index (χ2n) is 6.09. The highest BCUT2D eigenvalue weighted by atomic mass is 32.2. The summed E-state index contributed by atoms with van der Waals surface area (Å²) in [4.78, 5) is 7.80. The number of pyridine rings is 1. The summed E-state index contributed by atoms with van der Waals surface area (Å²) in [6.07, 6.45) is 9.56. The lowest BCUT2D eigenvalue weighted by atomic mass is 10.0. The molecule has 0 amide bonds. The lowest BCUT2D eigenvalue weighted by Gasteiger charge is -2.12. The largest absolute Gasteiger partial charge is 0.338 e. The molecule has 3 nitrogen and oxygen atoms in total. The number of hydrogen-bond donors (Lipinski definition) is 0. The molecule has 1 aliphatic heterocycles. The number of nitriles is 1. The first kappa shape index (κ1) is 17.1. The number of rotatable bonds is 3. The average molecular weight is 367 g/mol. The van der Waals surface area contributed by atoms with E-state index >= 15 is 0 Å². The maximum atomic E-state index is 9.61. The first-order valence-corrected chi connectivity index (χ1v) is 9.43. The smallest absolute Gasteiger partial charge is 0.0998 e. The summed E-state index contributed by atoms with van der Waals surface area (Å²) in [5, 5.41) is 11.8. The molecule has 2 heterocycles. The van der Waals surface area contributed by atoms with Crippen LogP contribution in [-0.4, -0.2) is 12.0 Å². The van der Waals surface area contributed by atoms with Gasteiger partial charge in [0.15, 0.2) is 0 Å². The minimum atomic E-state index is 0.624. The Morgan fingerprint density at radius 1 is 1.07 bits per heavy atom. The molecule has 3 aromatic rings. The van der Waals surface area contributed by atoms with Crippen molar-refractivity contribution in [2.24, 2.45) is 0 Å². The van der Waals surface area contributed by atoms with Crippen LogP contribution < -0.4 is 4.90 Å². The van der Waals surface area contributed by atoms with E-state index in [-0.39, 0.29) is 0 Å². The van der Waals surface area contributed by atoms with Gasteiger partial charge in [0.05, 0.1) is 27.9 Å². The first-order chi connectivity index (χ1) is 13.3. The first-order valence-electron chi connectivity index (χ1n) is 8.61. The molecule has 0 saturated heterocycles. The maximum Gasteiger partial charge on any atom is 0.0998 e. The predicted octanol–water partition coefficient (Wildman–Crippen LogP) is 5.78. The summed E-state index contributed by atoms with van der Waals surface area (Å²) >= 11 is 1.75. The Kier molecular flexibility index (Phi) is 4.78. The van der Waals surface area contributed by atoms with Crippen LogP contribution in [0.2, 0.25) is 0 Å². The van der Waals surface area contributed by atoms with Crippen molar-refractivity contribution in [3.63, 3.8) is 0 Å². The van der Waals surface area contributed by atoms with Crippen LogP contribution in [0.4, 0.5) is 5.69 Å². The van der Waals surface area contributed by atoms with Gasteiger partial charge in [-0.1, -0.05) is 54.2 Å². The number of fused-ring (bicyclic) bond motifs is 2. The van der Waals surface area contributed by atoms with E-state index in [2.05, 4.69) is 53.3 Å². The molecule has 2 aromatic carbocycles. The van der Waals surface area contributed by atoms with Gasteiger partial charge in [0, 0.05) is 29.1 Å². The standard InChI is InChI=1S/C23H17N3S/c1-26-21-11-5-6-12-22(21)27-23(26)13-7-2-8-17(16-24)18-14-15-25-20-10-4-3-9-19(18)20/h2-15H,1H3. The van der Waals surface area contributed by atoms with Crippen LogP contribution in [-0.2, 0) is 0 Å². The SMILES string of the molecule is CN1C(=CC=CC=C(C#N)c2ccnc3ccccc23)Sc2ccccc21. The third-order valence-corrected chi connectivity index (χ3v) is 5.63. The van der Waals surface area contributed by atoms with Crippen molar-refractivity contribution in [1.82, 2.24) is 4.98 Å². The van der Waals surface area contributed by atoms with Gasteiger partial charge < -0.3 is 4.90 Å². The van der Waals surface area contributed by atoms with Crippen LogP contribution in [0.3, 0.4) is 0 Å². The Balaban J connectivity index is 1.59. The van der Waals surface area contributed by atoms with Gasteiger partial charge in [-0.25, -0.2) is 0 Å². The van der Waals surface area contributed by atoms with Gasteiger partial charge in [-0.05, 0) is 36.4 Å². The molecule has 130 valence electrons. The number of hydrogen-bond acceptors (Lipinski definition) is 4. The Hall–Kier alpha value is -3.29. The number of anilines is 1. The van der Waals surface area contributed by atoms with Crippen molar-refractivity contribution >= 4 is 33.9 Å². The monoisotopic (exact) mass is 367 g/mol. The number of thioether (sulfide) groups is 1. The van der Waals surface area contributed by atoms with Crippen LogP contribution >= 0.6 is 11.8 Å². The Labute approximate surface area is 163 Å². The van der Waals surface area contributed by atoms with E-state index in [9.17, 15) is 5.26 Å². The van der Waals surface area contributed by atoms with Gasteiger partial charge in [-0.3, -0.25) is 4.98 Å². The predicted molar refractivity (Wildman–Crippen MR) is 113 cm³/mol. The lowest BCUT2D eigenvalue weighted by molar-refractivity contribution is 1.17. The van der Waals surface area contributed by atoms with E-state index in [4.69, 9.17) is 0 Å². The summed E-state index contributed by atoms with van der Waals surface area (Å²) in [5.41, 5.74) is 3.64. The van der Waals surface area contributed by atoms with E-state index in [0.717, 1.165) is 21.5 Å². The molecule has 0 unspecified atom stereocenters. The maximum absolute atomic E-state index is 9.61. The zero-order chi connectivity index (χ0) is 18.6. The van der Waals surface area contributed by atoms with E-state index in [1.807, 2.05) is 48.6 Å². The summed E-state index contributed by atoms with van der Waals surface area (Å²) in [5.74, 6) is 0. The summed E-state index contributed by atoms with van der Waals surface area (Å²) in [7, 11) is 2.07. The molecule has 0 aliphatic carbocycles. The van der Waals surface area contributed by atoms with Crippen LogP contribution in [0.25, 0.3) is 16.5 Å². The highest BCUT2D eigenvalue weighted by molar-refractivity contribution is 8.03. The van der Waals surface area contributed by atoms with Gasteiger partial charge in [0.2, 0.25) is 0 Å². The third-order valence-electron chi connectivity index (χ3n) is 4.44. The van der Waals surface area contributed by atoms with Crippen molar-refractivity contribution in [3.05, 3.63) is 95.7 Å². The van der Waals surface area contributed by atoms with Crippen LogP contribution in [0.1, 0.15) is 5.56 Å². The van der Waals surface area contributed by atoms with E-state index < -0.39 is 0 Å². The summed E-state index contributed by atoms with van der Waals surface area (Å²) in [6, 6.07) is 20.4. The second kappa shape index (κ2) is 7.53. The second-order valence-corrected chi connectivity index (χ2v) is 7.15. The van der Waals surface area contributed by atoms with Crippen molar-refractivity contribution < 1.29 is 0 Å². The fourth-order valence-electron chi connectivity index (χ4n) is 3.07. The van der Waals surface area contributed by atoms with E-state index in [1.165, 1.54) is 10.6 Å². The van der Waals surface area contributed by atoms with Gasteiger partial charge in [0.25, 0.3) is 0 Å². The van der Waals surface area contributed by atoms with Crippen molar-refractivity contribution in [1.29, 1.82) is 5.26 Å². The van der Waals surface area contributed by atoms with Gasteiger partial charge >= 0.3 is 0 Å². The third kappa shape index (κ3) is 3.38. The fraction of sp³-hybridized carbons (Fsp3) is 0.0435. The molecule has 1 aliphatic rings. The number of allylic oxidation sites excluding steroid dienone is 5. The molecule has 27 heavy (non-hydrogen) atoms. The Morgan fingerprint density at radius 2 is 1.89 bits per heavy atom. The molecule has 4 rings (SSSR count). The lowest BCUT2D eigenvalue weighted by Crippen LogP contribution is -2.08. The molecular formula is C23H17N3S. The molecule has 0 N–H and O–H groups in total. The molecule has 0 bridgehead atoms. The van der Waals surface area contributed by atoms with Crippen LogP contribution in [0.5, 0.6) is 0 Å². The van der Waals surface area contributed by atoms with E-state index in [1.54, 1.807) is 18.0 Å². The summed E-state index contributed by atoms with van der Waals surface area (Å²) in [6.45, 7) is 0. The Bertz CT molecular complexity index is 1130. The topological polar surface area (TPSA) is 39.9 Å². The Morgan fingerprint density at radius 3 is 2.74 bits per heavy atom. The van der Waals surface area contributed by atoms with Gasteiger partial charge in [-0.2, -0.15) is 5.26 Å². The highest BCUT2D eigenvalue weighted by Crippen LogP contribution is 2.44. The van der Waals surface area contributed by atoms with Crippen molar-refractivity contribution in [2.75, 3.05) is 11.9 Å². The van der Waals surface area contributed by atoms with Crippen molar-refractivity contribution in [2.45, 2.75) is 4.90 Å². The van der Waals surface area contributed by atoms with Gasteiger partial charge in [0.1, 0.15) is 0 Å². The molecule has 0 radical (unpaired) electrons. The van der Waals surface area contributed by atoms with Crippen LogP contribution in [0.15, 0.2) is 95.0 Å². The number of para-hydroxylation sites is 2. The molecule has 0 fully saturated rings. The van der Waals surface area contributed by atoms with Gasteiger partial charge in [-0.15, -0.1) is 0 Å². The average Bonchev–Trinajstić information content (AvgIpc) is 3.04. The molecule has 4 heteroatoms. The minimum absolute atomic E-state index is 0.624. The molecular weight excluding hydrogens is 350 g/mol. The summed E-state index contributed by atoms with van der Waals surface area (Å²) < 4.78 is 0. The minimum Gasteiger partial charge on any atom is -0.338 e. The molecule has 0 saturated carbocycles. The quantitative estimate of drug-likeness (QED) is 0.434. The number of benzene rings is 2. The molecule has 0 atom stereocenters. The molecule has 0 spiro atoms. The number of nitrogens with zero attached hydrogens (tertiary/aromatic N) is 3. The molecule has 1 aromatic heterocycles. The highest BCUT2D eigenvalue weighted by Gasteiger charge is 2.20. The zero-order valence-electron chi connectivity index (χ0n) is 14.8.